The summed E-state index contributed by atoms with van der Waals surface area (Å²) in [5, 5.41) is 10.9. The molecule has 13 heteroatoms. The van der Waals surface area contributed by atoms with Crippen molar-refractivity contribution >= 4 is 32.4 Å². The highest BCUT2D eigenvalue weighted by molar-refractivity contribution is 7.89. The Balaban J connectivity index is 1.81. The maximum Gasteiger partial charge on any atom is 0.402 e. The Labute approximate surface area is 190 Å². The number of carbonyl (C=O) groups is 1. The number of nitrogens with one attached hydrogen (secondary N) is 2. The first-order chi connectivity index (χ1) is 15.3. The standard InChI is InChI=1S/C20H18F4N4O3S2/c1-19(2,12-6-4-3-5-7-12)17-27-28-18(32-17)26-16(29)14-10-13(8-9-15(14)21)33(30,31)25-11-20(22,23)24/h3-10,25H,11H2,1-2H3,(H,26,28,29). The molecule has 0 aliphatic heterocycles. The molecule has 0 radical (unpaired) electrons. The Morgan fingerprint density at radius 2 is 1.73 bits per heavy atom. The number of rotatable bonds is 7. The third kappa shape index (κ3) is 5.92. The number of carbonyl (C=O) groups excluding carboxylic acids is 1. The second kappa shape index (κ2) is 9.15. The van der Waals surface area contributed by atoms with Crippen LogP contribution in [0, 0.1) is 5.82 Å². The molecule has 0 bridgehead atoms. The first-order valence-corrected chi connectivity index (χ1v) is 11.7. The number of sulfonamides is 1. The van der Waals surface area contributed by atoms with Crippen molar-refractivity contribution < 1.29 is 30.8 Å². The Morgan fingerprint density at radius 1 is 1.06 bits per heavy atom. The topological polar surface area (TPSA) is 101 Å². The number of hydrogen-bond acceptors (Lipinski definition) is 6. The quantitative estimate of drug-likeness (QED) is 0.474. The molecule has 0 aliphatic rings. The summed E-state index contributed by atoms with van der Waals surface area (Å²) in [5.74, 6) is -2.09. The molecule has 0 fully saturated rings. The minimum atomic E-state index is -4.78. The zero-order chi connectivity index (χ0) is 24.4. The van der Waals surface area contributed by atoms with Crippen LogP contribution < -0.4 is 10.0 Å². The van der Waals surface area contributed by atoms with Crippen LogP contribution in [0.25, 0.3) is 0 Å². The number of alkyl halides is 3. The van der Waals surface area contributed by atoms with Gasteiger partial charge in [-0.25, -0.2) is 17.5 Å². The third-order valence-electron chi connectivity index (χ3n) is 4.63. The van der Waals surface area contributed by atoms with Crippen molar-refractivity contribution in [3.63, 3.8) is 0 Å². The second-order valence-corrected chi connectivity index (χ2v) is 10.2. The van der Waals surface area contributed by atoms with E-state index in [1.165, 1.54) is 4.72 Å². The van der Waals surface area contributed by atoms with E-state index in [9.17, 15) is 30.8 Å². The van der Waals surface area contributed by atoms with Gasteiger partial charge in [-0.3, -0.25) is 10.1 Å². The van der Waals surface area contributed by atoms with E-state index in [0.29, 0.717) is 17.1 Å². The normalized spacial score (nSPS) is 12.5. The van der Waals surface area contributed by atoms with Crippen molar-refractivity contribution in [2.24, 2.45) is 0 Å². The van der Waals surface area contributed by atoms with Crippen LogP contribution in [0.2, 0.25) is 0 Å². The summed E-state index contributed by atoms with van der Waals surface area (Å²) in [6, 6.07) is 11.5. The molecule has 1 amide bonds. The fourth-order valence-electron chi connectivity index (χ4n) is 2.77. The first-order valence-electron chi connectivity index (χ1n) is 9.36. The largest absolute Gasteiger partial charge is 0.402 e. The van der Waals surface area contributed by atoms with E-state index in [0.717, 1.165) is 23.0 Å². The smallest absolute Gasteiger partial charge is 0.296 e. The number of nitrogens with zero attached hydrogens (tertiary/aromatic N) is 2. The SMILES string of the molecule is CC(C)(c1ccccc1)c1nnc(NC(=O)c2cc(S(=O)(=O)NCC(F)(F)F)ccc2F)s1. The predicted molar refractivity (Wildman–Crippen MR) is 114 cm³/mol. The highest BCUT2D eigenvalue weighted by Crippen LogP contribution is 2.34. The summed E-state index contributed by atoms with van der Waals surface area (Å²) in [6.07, 6.45) is -4.78. The monoisotopic (exact) mass is 502 g/mol. The predicted octanol–water partition coefficient (Wildman–Crippen LogP) is 4.10. The Kier molecular flexibility index (Phi) is 6.86. The summed E-state index contributed by atoms with van der Waals surface area (Å²) in [7, 11) is -4.63. The Morgan fingerprint density at radius 3 is 2.36 bits per heavy atom. The van der Waals surface area contributed by atoms with Gasteiger partial charge in [-0.1, -0.05) is 41.7 Å². The molecule has 7 nitrogen and oxygen atoms in total. The molecule has 3 aromatic rings. The maximum absolute atomic E-state index is 14.2. The van der Waals surface area contributed by atoms with Crippen LogP contribution in [0.1, 0.15) is 34.8 Å². The molecule has 2 aromatic carbocycles. The Bertz CT molecular complexity index is 1260. The molecular weight excluding hydrogens is 484 g/mol. The highest BCUT2D eigenvalue weighted by Gasteiger charge is 2.31. The van der Waals surface area contributed by atoms with Gasteiger partial charge < -0.3 is 0 Å². The third-order valence-corrected chi connectivity index (χ3v) is 7.19. The lowest BCUT2D eigenvalue weighted by molar-refractivity contribution is -0.121. The van der Waals surface area contributed by atoms with Gasteiger partial charge in [-0.05, 0) is 37.6 Å². The molecule has 1 aromatic heterocycles. The Hall–Kier alpha value is -2.90. The lowest BCUT2D eigenvalue weighted by Crippen LogP contribution is -2.33. The van der Waals surface area contributed by atoms with Crippen molar-refractivity contribution in [3.05, 3.63) is 70.5 Å². The average Bonchev–Trinajstić information content (AvgIpc) is 3.22. The summed E-state index contributed by atoms with van der Waals surface area (Å²) < 4.78 is 76.8. The van der Waals surface area contributed by atoms with Crippen molar-refractivity contribution in [2.75, 3.05) is 11.9 Å². The van der Waals surface area contributed by atoms with Gasteiger partial charge in [0.25, 0.3) is 5.91 Å². The molecule has 0 saturated heterocycles. The highest BCUT2D eigenvalue weighted by atomic mass is 32.2. The summed E-state index contributed by atoms with van der Waals surface area (Å²) in [5.41, 5.74) is -0.260. The number of benzene rings is 2. The van der Waals surface area contributed by atoms with Gasteiger partial charge in [0.2, 0.25) is 15.2 Å². The van der Waals surface area contributed by atoms with Gasteiger partial charge in [-0.2, -0.15) is 13.2 Å². The lowest BCUT2D eigenvalue weighted by Gasteiger charge is -2.21. The van der Waals surface area contributed by atoms with Gasteiger partial charge >= 0.3 is 6.18 Å². The first kappa shape index (κ1) is 24.7. The van der Waals surface area contributed by atoms with Crippen LogP contribution in [0.3, 0.4) is 0 Å². The summed E-state index contributed by atoms with van der Waals surface area (Å²) in [4.78, 5) is 11.9. The van der Waals surface area contributed by atoms with Crippen LogP contribution in [0.15, 0.2) is 53.4 Å². The zero-order valence-electron chi connectivity index (χ0n) is 17.3. The average molecular weight is 503 g/mol. The fraction of sp³-hybridized carbons (Fsp3) is 0.250. The minimum Gasteiger partial charge on any atom is -0.296 e. The van der Waals surface area contributed by atoms with Crippen LogP contribution in [-0.4, -0.2) is 37.2 Å². The van der Waals surface area contributed by atoms with E-state index < -0.39 is 50.3 Å². The molecule has 1 heterocycles. The van der Waals surface area contributed by atoms with Gasteiger partial charge in [0, 0.05) is 5.41 Å². The molecule has 0 aliphatic carbocycles. The van der Waals surface area contributed by atoms with E-state index in [-0.39, 0.29) is 5.13 Å². The van der Waals surface area contributed by atoms with E-state index in [1.807, 2.05) is 44.2 Å². The van der Waals surface area contributed by atoms with Crippen LogP contribution >= 0.6 is 11.3 Å². The lowest BCUT2D eigenvalue weighted by atomic mass is 9.85. The van der Waals surface area contributed by atoms with Gasteiger partial charge in [0.1, 0.15) is 17.4 Å². The van der Waals surface area contributed by atoms with Crippen molar-refractivity contribution in [1.29, 1.82) is 0 Å². The minimum absolute atomic E-state index is 0.0434. The molecular formula is C20H18F4N4O3S2. The zero-order valence-corrected chi connectivity index (χ0v) is 18.9. The molecule has 0 saturated carbocycles. The number of anilines is 1. The molecule has 3 rings (SSSR count). The molecule has 176 valence electrons. The van der Waals surface area contributed by atoms with Crippen molar-refractivity contribution in [1.82, 2.24) is 14.9 Å². The molecule has 0 spiro atoms. The van der Waals surface area contributed by atoms with Crippen molar-refractivity contribution in [3.8, 4) is 0 Å². The summed E-state index contributed by atoms with van der Waals surface area (Å²) in [6.45, 7) is 2.02. The van der Waals surface area contributed by atoms with Crippen LogP contribution in [0.4, 0.5) is 22.7 Å². The molecule has 33 heavy (non-hydrogen) atoms. The number of aromatic nitrogens is 2. The maximum atomic E-state index is 14.2. The van der Waals surface area contributed by atoms with E-state index >= 15 is 0 Å². The van der Waals surface area contributed by atoms with Crippen LogP contribution in [0.5, 0.6) is 0 Å². The number of amides is 1. The number of hydrogen-bond donors (Lipinski definition) is 2. The van der Waals surface area contributed by atoms with E-state index in [2.05, 4.69) is 15.5 Å². The fourth-order valence-corrected chi connectivity index (χ4v) is 4.68. The summed E-state index contributed by atoms with van der Waals surface area (Å²) >= 11 is 1.05. The molecule has 2 N–H and O–H groups in total. The van der Waals surface area contributed by atoms with Gasteiger partial charge in [-0.15, -0.1) is 10.2 Å². The second-order valence-electron chi connectivity index (χ2n) is 7.44. The number of halogens is 4. The van der Waals surface area contributed by atoms with Gasteiger partial charge in [0.15, 0.2) is 0 Å². The van der Waals surface area contributed by atoms with Gasteiger partial charge in [0.05, 0.1) is 10.5 Å². The van der Waals surface area contributed by atoms with Crippen molar-refractivity contribution in [2.45, 2.75) is 30.3 Å². The van der Waals surface area contributed by atoms with E-state index in [1.54, 1.807) is 0 Å². The molecule has 0 unspecified atom stereocenters. The molecule has 0 atom stereocenters. The van der Waals surface area contributed by atoms with E-state index in [4.69, 9.17) is 0 Å². The van der Waals surface area contributed by atoms with Crippen LogP contribution in [-0.2, 0) is 15.4 Å².